The Morgan fingerprint density at radius 2 is 2.12 bits per heavy atom. The largest absolute Gasteiger partial charge is 0.505 e. The van der Waals surface area contributed by atoms with Crippen LogP contribution in [0.15, 0.2) is 47.7 Å². The first kappa shape index (κ1) is 10.4. The molecule has 16 heavy (non-hydrogen) atoms. The molecule has 0 saturated carbocycles. The molecule has 0 fully saturated rings. The third-order valence-corrected chi connectivity index (χ3v) is 2.53. The monoisotopic (exact) mass is 217 g/mol. The molecule has 1 N–H and O–H groups in total. The van der Waals surface area contributed by atoms with Crippen LogP contribution in [0.1, 0.15) is 0 Å². The van der Waals surface area contributed by atoms with Crippen LogP contribution in [0, 0.1) is 0 Å². The fraction of sp³-hybridized carbons (Fsp3) is 0.167. The molecule has 0 aromatic rings. The minimum Gasteiger partial charge on any atom is -0.505 e. The zero-order valence-corrected chi connectivity index (χ0v) is 9.21. The molecule has 0 aromatic carbocycles. The zero-order chi connectivity index (χ0) is 11.7. The van der Waals surface area contributed by atoms with E-state index in [1.54, 1.807) is 54.2 Å². The number of aliphatic hydroxyl groups excluding tert-OH is 1. The molecule has 0 aliphatic carbocycles. The highest BCUT2D eigenvalue weighted by molar-refractivity contribution is 6.06. The van der Waals surface area contributed by atoms with Gasteiger partial charge in [0.25, 0.3) is 11.5 Å². The Kier molecular flexibility index (Phi) is 2.48. The van der Waals surface area contributed by atoms with Crippen molar-refractivity contribution in [1.82, 2.24) is 4.90 Å². The number of rotatable bonds is 0. The van der Waals surface area contributed by atoms with Gasteiger partial charge in [0, 0.05) is 19.3 Å². The quantitative estimate of drug-likeness (QED) is 0.485. The van der Waals surface area contributed by atoms with Crippen LogP contribution in [0.4, 0.5) is 0 Å². The van der Waals surface area contributed by atoms with E-state index in [2.05, 4.69) is 0 Å². The van der Waals surface area contributed by atoms with Crippen LogP contribution >= 0.6 is 0 Å². The summed E-state index contributed by atoms with van der Waals surface area (Å²) in [5.41, 5.74) is 0.999. The smallest absolute Gasteiger partial charge is 0.280 e. The molecular weight excluding hydrogens is 204 g/mol. The minimum atomic E-state index is -0.109. The summed E-state index contributed by atoms with van der Waals surface area (Å²) in [5, 5.41) is 9.82. The van der Waals surface area contributed by atoms with Gasteiger partial charge in [-0.15, -0.1) is 0 Å². The summed E-state index contributed by atoms with van der Waals surface area (Å²) in [5.74, 6) is -0.00833. The molecule has 0 radical (unpaired) electrons. The van der Waals surface area contributed by atoms with Crippen molar-refractivity contribution >= 4 is 12.0 Å². The van der Waals surface area contributed by atoms with Crippen LogP contribution in [-0.2, 0) is 4.79 Å². The van der Waals surface area contributed by atoms with Gasteiger partial charge in [0.15, 0.2) is 11.9 Å². The van der Waals surface area contributed by atoms with Crippen molar-refractivity contribution < 1.29 is 14.5 Å². The predicted octanol–water partition coefficient (Wildman–Crippen LogP) is 0.951. The maximum atomic E-state index is 11.8. The molecule has 0 aromatic heterocycles. The molecule has 4 heteroatoms. The number of ketones is 1. The molecule has 4 nitrogen and oxygen atoms in total. The van der Waals surface area contributed by atoms with E-state index in [1.807, 2.05) is 0 Å². The lowest BCUT2D eigenvalue weighted by molar-refractivity contribution is -0.434. The van der Waals surface area contributed by atoms with Gasteiger partial charge < -0.3 is 10.0 Å². The van der Waals surface area contributed by atoms with Crippen LogP contribution in [-0.4, -0.2) is 40.7 Å². The van der Waals surface area contributed by atoms with Gasteiger partial charge in [-0.3, -0.25) is 4.79 Å². The van der Waals surface area contributed by atoms with Crippen molar-refractivity contribution in [2.75, 3.05) is 14.1 Å². The van der Waals surface area contributed by atoms with E-state index in [1.165, 1.54) is 6.08 Å². The number of carbonyl (C=O) groups is 1. The highest BCUT2D eigenvalue weighted by atomic mass is 16.3. The van der Waals surface area contributed by atoms with E-state index >= 15 is 0 Å². The van der Waals surface area contributed by atoms with Gasteiger partial charge in [0.2, 0.25) is 0 Å². The minimum absolute atomic E-state index is 0.101. The van der Waals surface area contributed by atoms with Crippen molar-refractivity contribution in [2.45, 2.75) is 0 Å². The van der Waals surface area contributed by atoms with E-state index in [0.29, 0.717) is 11.4 Å². The summed E-state index contributed by atoms with van der Waals surface area (Å²) in [6.45, 7) is 0. The predicted molar refractivity (Wildman–Crippen MR) is 61.0 cm³/mol. The van der Waals surface area contributed by atoms with Crippen molar-refractivity contribution in [3.8, 4) is 0 Å². The molecule has 2 heterocycles. The van der Waals surface area contributed by atoms with E-state index in [-0.39, 0.29) is 11.5 Å². The van der Waals surface area contributed by atoms with E-state index in [9.17, 15) is 9.90 Å². The van der Waals surface area contributed by atoms with Crippen LogP contribution < -0.4 is 0 Å². The van der Waals surface area contributed by atoms with E-state index in [0.717, 1.165) is 0 Å². The number of aliphatic hydroxyl groups is 1. The van der Waals surface area contributed by atoms with Crippen LogP contribution in [0.3, 0.4) is 0 Å². The Hall–Kier alpha value is -2.10. The standard InChI is InChI=1S/C12H12N2O2/c1-13-7-3-5-9(15)11(13)12-10(16)6-4-8-14(12)2/h3-8H,1-2H3/p+1/b12-11-. The Morgan fingerprint density at radius 3 is 2.75 bits per heavy atom. The van der Waals surface area contributed by atoms with E-state index in [4.69, 9.17) is 0 Å². The average molecular weight is 217 g/mol. The van der Waals surface area contributed by atoms with Gasteiger partial charge in [0.1, 0.15) is 12.8 Å². The van der Waals surface area contributed by atoms with Crippen molar-refractivity contribution in [3.63, 3.8) is 0 Å². The molecule has 2 aliphatic heterocycles. The summed E-state index contributed by atoms with van der Waals surface area (Å²) < 4.78 is 1.71. The van der Waals surface area contributed by atoms with Gasteiger partial charge >= 0.3 is 0 Å². The molecule has 0 saturated heterocycles. The first-order chi connectivity index (χ1) is 7.61. The molecule has 0 spiro atoms. The second-order valence-electron chi connectivity index (χ2n) is 3.68. The maximum absolute atomic E-state index is 11.8. The Bertz CT molecular complexity index is 493. The van der Waals surface area contributed by atoms with E-state index < -0.39 is 0 Å². The topological polar surface area (TPSA) is 43.5 Å². The summed E-state index contributed by atoms with van der Waals surface area (Å²) in [6, 6.07) is 0. The maximum Gasteiger partial charge on any atom is 0.280 e. The molecule has 0 amide bonds. The second kappa shape index (κ2) is 3.81. The lowest BCUT2D eigenvalue weighted by Crippen LogP contribution is -2.26. The molecule has 0 unspecified atom stereocenters. The third kappa shape index (κ3) is 1.58. The molecule has 0 atom stereocenters. The molecule has 2 aliphatic rings. The molecule has 82 valence electrons. The van der Waals surface area contributed by atoms with Gasteiger partial charge in [0.05, 0.1) is 0 Å². The van der Waals surface area contributed by atoms with Crippen molar-refractivity contribution in [3.05, 3.63) is 47.7 Å². The third-order valence-electron chi connectivity index (χ3n) is 2.53. The van der Waals surface area contributed by atoms with Gasteiger partial charge in [-0.2, -0.15) is 4.58 Å². The highest BCUT2D eigenvalue weighted by Gasteiger charge is 2.29. The van der Waals surface area contributed by atoms with Crippen LogP contribution in [0.25, 0.3) is 0 Å². The fourth-order valence-electron chi connectivity index (χ4n) is 1.76. The Balaban J connectivity index is 2.60. The zero-order valence-electron chi connectivity index (χ0n) is 9.21. The number of likely N-dealkylation sites (N-methyl/N-ethyl adjacent to an activating group) is 2. The lowest BCUT2D eigenvalue weighted by Gasteiger charge is -2.21. The fourth-order valence-corrected chi connectivity index (χ4v) is 1.76. The number of nitrogens with zero attached hydrogens (tertiary/aromatic N) is 2. The summed E-state index contributed by atoms with van der Waals surface area (Å²) in [4.78, 5) is 13.5. The molecule has 0 bridgehead atoms. The lowest BCUT2D eigenvalue weighted by atomic mass is 10.1. The normalized spacial score (nSPS) is 24.6. The number of allylic oxidation sites excluding steroid dienone is 4. The Labute approximate surface area is 93.8 Å². The summed E-state index contributed by atoms with van der Waals surface area (Å²) >= 11 is 0. The average Bonchev–Trinajstić information content (AvgIpc) is 2.21. The number of hydrogen-bond acceptors (Lipinski definition) is 3. The van der Waals surface area contributed by atoms with Crippen molar-refractivity contribution in [1.29, 1.82) is 0 Å². The van der Waals surface area contributed by atoms with Crippen LogP contribution in [0.5, 0.6) is 0 Å². The summed E-state index contributed by atoms with van der Waals surface area (Å²) in [7, 11) is 3.57. The number of hydrogen-bond donors (Lipinski definition) is 1. The second-order valence-corrected chi connectivity index (χ2v) is 3.68. The van der Waals surface area contributed by atoms with Crippen LogP contribution in [0.2, 0.25) is 0 Å². The van der Waals surface area contributed by atoms with Gasteiger partial charge in [-0.1, -0.05) is 0 Å². The first-order valence-electron chi connectivity index (χ1n) is 4.95. The Morgan fingerprint density at radius 1 is 1.38 bits per heavy atom. The molecule has 2 rings (SSSR count). The summed E-state index contributed by atoms with van der Waals surface area (Å²) in [6.07, 6.45) is 10.0. The number of carbonyl (C=O) groups excluding carboxylic acids is 1. The molecular formula is C12H13N2O2+. The first-order valence-corrected chi connectivity index (χ1v) is 4.95. The highest BCUT2D eigenvalue weighted by Crippen LogP contribution is 2.22. The van der Waals surface area contributed by atoms with Crippen molar-refractivity contribution in [2.24, 2.45) is 0 Å². The van der Waals surface area contributed by atoms with Gasteiger partial charge in [-0.05, 0) is 18.2 Å². The SMILES string of the molecule is CN1C=CC=C(O)/C1=C1\C(=O)C=CC=[N+]1C. The van der Waals surface area contributed by atoms with Gasteiger partial charge in [-0.25, -0.2) is 0 Å².